The minimum atomic E-state index is -0.327. The van der Waals surface area contributed by atoms with Crippen LogP contribution in [0.5, 0.6) is 0 Å². The molecule has 0 bridgehead atoms. The third-order valence-electron chi connectivity index (χ3n) is 2.80. The zero-order chi connectivity index (χ0) is 13.5. The molecule has 0 saturated heterocycles. The molecule has 1 rings (SSSR count). The summed E-state index contributed by atoms with van der Waals surface area (Å²) in [7, 11) is 1.34. The number of rotatable bonds is 6. The molecule has 1 aromatic rings. The first-order valence-corrected chi connectivity index (χ1v) is 5.87. The van der Waals surface area contributed by atoms with Gasteiger partial charge >= 0.3 is 5.97 Å². The summed E-state index contributed by atoms with van der Waals surface area (Å²) in [6, 6.07) is 5.14. The number of halogens is 1. The standard InChI is InChI=1S/C13H19FN2O2/c1-3-16(9-12(17)18-2)8-11-6-4-5-10(7-15)13(11)14/h4-6H,3,7-9,15H2,1-2H3. The third kappa shape index (κ3) is 3.78. The van der Waals surface area contributed by atoms with E-state index in [1.807, 2.05) is 11.8 Å². The molecule has 1 aromatic carbocycles. The summed E-state index contributed by atoms with van der Waals surface area (Å²) in [6.45, 7) is 3.24. The molecule has 2 N–H and O–H groups in total. The van der Waals surface area contributed by atoms with Gasteiger partial charge in [-0.3, -0.25) is 9.69 Å². The van der Waals surface area contributed by atoms with Crippen molar-refractivity contribution < 1.29 is 13.9 Å². The van der Waals surface area contributed by atoms with Crippen molar-refractivity contribution >= 4 is 5.97 Å². The van der Waals surface area contributed by atoms with Crippen LogP contribution in [0.1, 0.15) is 18.1 Å². The van der Waals surface area contributed by atoms with Gasteiger partial charge < -0.3 is 10.5 Å². The van der Waals surface area contributed by atoms with Gasteiger partial charge in [-0.2, -0.15) is 0 Å². The number of hydrogen-bond donors (Lipinski definition) is 1. The molecule has 0 radical (unpaired) electrons. The summed E-state index contributed by atoms with van der Waals surface area (Å²) >= 11 is 0. The van der Waals surface area contributed by atoms with E-state index in [1.165, 1.54) is 7.11 Å². The van der Waals surface area contributed by atoms with Crippen LogP contribution in [0.25, 0.3) is 0 Å². The van der Waals surface area contributed by atoms with E-state index in [2.05, 4.69) is 4.74 Å². The van der Waals surface area contributed by atoms with Gasteiger partial charge in [-0.25, -0.2) is 4.39 Å². The lowest BCUT2D eigenvalue weighted by Crippen LogP contribution is -2.30. The molecule has 0 aliphatic heterocycles. The second-order valence-corrected chi connectivity index (χ2v) is 3.97. The SMILES string of the molecule is CCN(CC(=O)OC)Cc1cccc(CN)c1F. The lowest BCUT2D eigenvalue weighted by Gasteiger charge is -2.19. The average Bonchev–Trinajstić information content (AvgIpc) is 2.39. The third-order valence-corrected chi connectivity index (χ3v) is 2.80. The summed E-state index contributed by atoms with van der Waals surface area (Å²) in [5, 5.41) is 0. The fraction of sp³-hybridized carbons (Fsp3) is 0.462. The van der Waals surface area contributed by atoms with Crippen molar-refractivity contribution in [2.75, 3.05) is 20.2 Å². The molecular formula is C13H19FN2O2. The fourth-order valence-electron chi connectivity index (χ4n) is 1.68. The molecule has 100 valence electrons. The maximum absolute atomic E-state index is 14.0. The molecule has 0 saturated carbocycles. The number of carbonyl (C=O) groups excluding carboxylic acids is 1. The quantitative estimate of drug-likeness (QED) is 0.777. The van der Waals surface area contributed by atoms with E-state index in [1.54, 1.807) is 18.2 Å². The van der Waals surface area contributed by atoms with Gasteiger partial charge in [0.05, 0.1) is 13.7 Å². The van der Waals surface area contributed by atoms with E-state index < -0.39 is 0 Å². The molecule has 0 aromatic heterocycles. The van der Waals surface area contributed by atoms with Crippen molar-refractivity contribution in [1.82, 2.24) is 4.90 Å². The predicted molar refractivity (Wildman–Crippen MR) is 67.3 cm³/mol. The Morgan fingerprint density at radius 2 is 2.11 bits per heavy atom. The highest BCUT2D eigenvalue weighted by Gasteiger charge is 2.13. The van der Waals surface area contributed by atoms with Crippen LogP contribution < -0.4 is 5.73 Å². The van der Waals surface area contributed by atoms with Crippen molar-refractivity contribution in [3.05, 3.63) is 35.1 Å². The Hall–Kier alpha value is -1.46. The van der Waals surface area contributed by atoms with Gasteiger partial charge in [-0.15, -0.1) is 0 Å². The molecule has 0 spiro atoms. The number of methoxy groups -OCH3 is 1. The van der Waals surface area contributed by atoms with Crippen LogP contribution in [0.3, 0.4) is 0 Å². The van der Waals surface area contributed by atoms with Gasteiger partial charge in [-0.1, -0.05) is 25.1 Å². The molecule has 4 nitrogen and oxygen atoms in total. The van der Waals surface area contributed by atoms with Crippen LogP contribution in [0.4, 0.5) is 4.39 Å². The molecule has 5 heteroatoms. The maximum Gasteiger partial charge on any atom is 0.319 e. The van der Waals surface area contributed by atoms with E-state index in [4.69, 9.17) is 5.73 Å². The Balaban J connectivity index is 2.78. The van der Waals surface area contributed by atoms with Crippen LogP contribution in [-0.2, 0) is 22.6 Å². The molecule has 0 aliphatic rings. The molecule has 0 unspecified atom stereocenters. The normalized spacial score (nSPS) is 10.7. The van der Waals surface area contributed by atoms with Crippen molar-refractivity contribution in [1.29, 1.82) is 0 Å². The Labute approximate surface area is 107 Å². The van der Waals surface area contributed by atoms with E-state index in [-0.39, 0.29) is 24.9 Å². The number of ether oxygens (including phenoxy) is 1. The Kier molecular flexibility index (Phi) is 5.74. The highest BCUT2D eigenvalue weighted by molar-refractivity contribution is 5.71. The van der Waals surface area contributed by atoms with Crippen LogP contribution >= 0.6 is 0 Å². The van der Waals surface area contributed by atoms with E-state index in [9.17, 15) is 9.18 Å². The molecule has 0 amide bonds. The van der Waals surface area contributed by atoms with Gasteiger partial charge in [0.25, 0.3) is 0 Å². The fourth-order valence-corrected chi connectivity index (χ4v) is 1.68. The molecule has 0 heterocycles. The number of benzene rings is 1. The van der Waals surface area contributed by atoms with Crippen LogP contribution in [-0.4, -0.2) is 31.1 Å². The van der Waals surface area contributed by atoms with Crippen molar-refractivity contribution in [3.8, 4) is 0 Å². The highest BCUT2D eigenvalue weighted by atomic mass is 19.1. The first-order valence-electron chi connectivity index (χ1n) is 5.87. The van der Waals surface area contributed by atoms with Gasteiger partial charge in [0.1, 0.15) is 5.82 Å². The smallest absolute Gasteiger partial charge is 0.319 e. The van der Waals surface area contributed by atoms with Gasteiger partial charge in [0.15, 0.2) is 0 Å². The number of nitrogens with two attached hydrogens (primary N) is 1. The lowest BCUT2D eigenvalue weighted by atomic mass is 10.1. The van der Waals surface area contributed by atoms with E-state index in [0.717, 1.165) is 0 Å². The van der Waals surface area contributed by atoms with Gasteiger partial charge in [0, 0.05) is 24.2 Å². The number of likely N-dealkylation sites (N-methyl/N-ethyl adjacent to an activating group) is 1. The molecule has 0 atom stereocenters. The molecule has 18 heavy (non-hydrogen) atoms. The number of nitrogens with zero attached hydrogens (tertiary/aromatic N) is 1. The topological polar surface area (TPSA) is 55.6 Å². The van der Waals surface area contributed by atoms with Gasteiger partial charge in [0.2, 0.25) is 0 Å². The minimum Gasteiger partial charge on any atom is -0.468 e. The van der Waals surface area contributed by atoms with Gasteiger partial charge in [-0.05, 0) is 6.54 Å². The summed E-state index contributed by atoms with van der Waals surface area (Å²) in [4.78, 5) is 13.0. The second-order valence-electron chi connectivity index (χ2n) is 3.97. The summed E-state index contributed by atoms with van der Waals surface area (Å²) in [5.41, 5.74) is 6.49. The van der Waals surface area contributed by atoms with Crippen molar-refractivity contribution in [2.24, 2.45) is 5.73 Å². The van der Waals surface area contributed by atoms with Crippen LogP contribution in [0.2, 0.25) is 0 Å². The Bertz CT molecular complexity index is 410. The maximum atomic E-state index is 14.0. The first-order chi connectivity index (χ1) is 8.62. The zero-order valence-corrected chi connectivity index (χ0v) is 10.8. The number of carbonyl (C=O) groups is 1. The highest BCUT2D eigenvalue weighted by Crippen LogP contribution is 2.14. The van der Waals surface area contributed by atoms with E-state index in [0.29, 0.717) is 24.2 Å². The molecule has 0 aliphatic carbocycles. The molecular weight excluding hydrogens is 235 g/mol. The van der Waals surface area contributed by atoms with Crippen LogP contribution in [0.15, 0.2) is 18.2 Å². The summed E-state index contributed by atoms with van der Waals surface area (Å²) in [6.07, 6.45) is 0. The largest absolute Gasteiger partial charge is 0.468 e. The Morgan fingerprint density at radius 3 is 2.67 bits per heavy atom. The molecule has 0 fully saturated rings. The Morgan fingerprint density at radius 1 is 1.44 bits per heavy atom. The first kappa shape index (κ1) is 14.6. The summed E-state index contributed by atoms with van der Waals surface area (Å²) < 4.78 is 18.6. The number of esters is 1. The summed E-state index contributed by atoms with van der Waals surface area (Å²) in [5.74, 6) is -0.615. The zero-order valence-electron chi connectivity index (χ0n) is 10.8. The minimum absolute atomic E-state index is 0.152. The second kappa shape index (κ2) is 7.08. The monoisotopic (exact) mass is 254 g/mol. The predicted octanol–water partition coefficient (Wildman–Crippen LogP) is 1.28. The van der Waals surface area contributed by atoms with Crippen molar-refractivity contribution in [3.63, 3.8) is 0 Å². The number of hydrogen-bond acceptors (Lipinski definition) is 4. The lowest BCUT2D eigenvalue weighted by molar-refractivity contribution is -0.142. The van der Waals surface area contributed by atoms with Crippen LogP contribution in [0, 0.1) is 5.82 Å². The van der Waals surface area contributed by atoms with E-state index >= 15 is 0 Å². The average molecular weight is 254 g/mol. The van der Waals surface area contributed by atoms with Crippen molar-refractivity contribution in [2.45, 2.75) is 20.0 Å².